The molecule has 3 atom stereocenters. The number of benzene rings is 1. The van der Waals surface area contributed by atoms with Crippen molar-refractivity contribution in [1.29, 1.82) is 0 Å². The van der Waals surface area contributed by atoms with Crippen LogP contribution in [0.4, 0.5) is 0 Å². The molecule has 3 unspecified atom stereocenters. The summed E-state index contributed by atoms with van der Waals surface area (Å²) < 4.78 is 0. The van der Waals surface area contributed by atoms with Crippen LogP contribution >= 0.6 is 0 Å². The van der Waals surface area contributed by atoms with Gasteiger partial charge in [-0.3, -0.25) is 9.59 Å². The van der Waals surface area contributed by atoms with Crippen molar-refractivity contribution in [3.8, 4) is 0 Å². The number of likely N-dealkylation sites (tertiary alicyclic amines) is 1. The second-order valence-electron chi connectivity index (χ2n) is 9.44. The summed E-state index contributed by atoms with van der Waals surface area (Å²) in [5.41, 5.74) is 6.42. The zero-order chi connectivity index (χ0) is 19.7. The third kappa shape index (κ3) is 3.82. The lowest BCUT2D eigenvalue weighted by atomic mass is 9.66. The topological polar surface area (TPSA) is 75.4 Å². The number of amides is 2. The van der Waals surface area contributed by atoms with Gasteiger partial charge in [0, 0.05) is 30.7 Å². The SMILES string of the molecule is CC1(C(=O)NC2C3CCCC2CC(N)C3)CCCN(C(=O)c2ccccc2)C1. The van der Waals surface area contributed by atoms with Gasteiger partial charge in [0.1, 0.15) is 0 Å². The first-order chi connectivity index (χ1) is 13.5. The number of rotatable bonds is 3. The number of carbonyl (C=O) groups is 2. The van der Waals surface area contributed by atoms with Gasteiger partial charge in [0.25, 0.3) is 5.91 Å². The van der Waals surface area contributed by atoms with E-state index < -0.39 is 5.41 Å². The molecule has 1 aromatic rings. The minimum Gasteiger partial charge on any atom is -0.352 e. The van der Waals surface area contributed by atoms with E-state index in [4.69, 9.17) is 5.73 Å². The number of nitrogens with one attached hydrogen (secondary N) is 1. The molecule has 3 N–H and O–H groups in total. The lowest BCUT2D eigenvalue weighted by Gasteiger charge is -2.47. The average Bonchev–Trinajstić information content (AvgIpc) is 2.69. The Kier molecular flexibility index (Phi) is 5.46. The van der Waals surface area contributed by atoms with Gasteiger partial charge in [-0.15, -0.1) is 0 Å². The van der Waals surface area contributed by atoms with Crippen molar-refractivity contribution in [3.05, 3.63) is 35.9 Å². The maximum Gasteiger partial charge on any atom is 0.253 e. The van der Waals surface area contributed by atoms with Crippen molar-refractivity contribution in [2.45, 2.75) is 64.0 Å². The highest BCUT2D eigenvalue weighted by molar-refractivity contribution is 5.95. The van der Waals surface area contributed by atoms with Gasteiger partial charge in [-0.25, -0.2) is 0 Å². The summed E-state index contributed by atoms with van der Waals surface area (Å²) in [6.45, 7) is 3.24. The van der Waals surface area contributed by atoms with Gasteiger partial charge >= 0.3 is 0 Å². The van der Waals surface area contributed by atoms with E-state index in [1.54, 1.807) is 0 Å². The van der Waals surface area contributed by atoms with Crippen LogP contribution in [0.15, 0.2) is 30.3 Å². The summed E-state index contributed by atoms with van der Waals surface area (Å²) in [6, 6.07) is 9.93. The normalized spacial score (nSPS) is 35.3. The van der Waals surface area contributed by atoms with E-state index in [0.29, 0.717) is 23.9 Å². The van der Waals surface area contributed by atoms with Gasteiger partial charge in [-0.1, -0.05) is 24.6 Å². The molecule has 2 bridgehead atoms. The highest BCUT2D eigenvalue weighted by Crippen LogP contribution is 2.40. The largest absolute Gasteiger partial charge is 0.352 e. The van der Waals surface area contributed by atoms with Gasteiger partial charge in [-0.2, -0.15) is 0 Å². The molecule has 0 aromatic heterocycles. The summed E-state index contributed by atoms with van der Waals surface area (Å²) in [5.74, 6) is 1.18. The van der Waals surface area contributed by atoms with Crippen molar-refractivity contribution < 1.29 is 9.59 Å². The summed E-state index contributed by atoms with van der Waals surface area (Å²) in [6.07, 6.45) is 7.34. The molecule has 5 heteroatoms. The van der Waals surface area contributed by atoms with Gasteiger partial charge in [0.05, 0.1) is 5.41 Å². The van der Waals surface area contributed by atoms with Crippen molar-refractivity contribution in [1.82, 2.24) is 10.2 Å². The van der Waals surface area contributed by atoms with Crippen LogP contribution in [-0.2, 0) is 4.79 Å². The van der Waals surface area contributed by atoms with E-state index in [9.17, 15) is 9.59 Å². The monoisotopic (exact) mass is 383 g/mol. The lowest BCUT2D eigenvalue weighted by molar-refractivity contribution is -0.135. The molecule has 1 aliphatic heterocycles. The zero-order valence-corrected chi connectivity index (χ0v) is 16.9. The number of carbonyl (C=O) groups excluding carboxylic acids is 2. The Morgan fingerprint density at radius 1 is 1.11 bits per heavy atom. The van der Waals surface area contributed by atoms with Crippen LogP contribution in [0.2, 0.25) is 0 Å². The number of hydrogen-bond acceptors (Lipinski definition) is 3. The third-order valence-electron chi connectivity index (χ3n) is 7.23. The molecule has 3 aliphatic rings. The van der Waals surface area contributed by atoms with Crippen LogP contribution < -0.4 is 11.1 Å². The minimum atomic E-state index is -0.517. The number of piperidine rings is 1. The molecule has 1 heterocycles. The summed E-state index contributed by atoms with van der Waals surface area (Å²) in [4.78, 5) is 28.1. The van der Waals surface area contributed by atoms with E-state index in [0.717, 1.165) is 32.2 Å². The first-order valence-electron chi connectivity index (χ1n) is 10.9. The second kappa shape index (κ2) is 7.86. The molecule has 152 valence electrons. The predicted molar refractivity (Wildman–Crippen MR) is 110 cm³/mol. The van der Waals surface area contributed by atoms with Crippen molar-refractivity contribution in [2.75, 3.05) is 13.1 Å². The van der Waals surface area contributed by atoms with Gasteiger partial charge in [-0.05, 0) is 69.4 Å². The molecule has 0 spiro atoms. The molecule has 28 heavy (non-hydrogen) atoms. The molecular formula is C23H33N3O2. The molecule has 4 rings (SSSR count). The fourth-order valence-electron chi connectivity index (χ4n) is 5.71. The molecule has 1 saturated heterocycles. The maximum absolute atomic E-state index is 13.3. The standard InChI is InChI=1S/C23H33N3O2/c1-23(11-6-12-26(15-23)21(27)16-7-3-2-4-8-16)22(28)25-20-17-9-5-10-18(20)14-19(24)13-17/h2-4,7-8,17-20H,5-6,9-15,24H2,1H3,(H,25,28). The highest BCUT2D eigenvalue weighted by Gasteiger charge is 2.44. The van der Waals surface area contributed by atoms with Gasteiger partial charge < -0.3 is 16.0 Å². The summed E-state index contributed by atoms with van der Waals surface area (Å²) in [5, 5.41) is 3.42. The molecule has 2 aliphatic carbocycles. The molecule has 2 saturated carbocycles. The Morgan fingerprint density at radius 3 is 2.46 bits per heavy atom. The van der Waals surface area contributed by atoms with Crippen LogP contribution in [-0.4, -0.2) is 41.9 Å². The lowest BCUT2D eigenvalue weighted by Crippen LogP contribution is -2.59. The fraction of sp³-hybridized carbons (Fsp3) is 0.652. The van der Waals surface area contributed by atoms with Crippen LogP contribution in [0.1, 0.15) is 62.2 Å². The second-order valence-corrected chi connectivity index (χ2v) is 9.44. The van der Waals surface area contributed by atoms with Crippen LogP contribution in [0.5, 0.6) is 0 Å². The van der Waals surface area contributed by atoms with Gasteiger partial charge in [0.2, 0.25) is 5.91 Å². The fourth-order valence-corrected chi connectivity index (χ4v) is 5.71. The van der Waals surface area contributed by atoms with E-state index >= 15 is 0 Å². The average molecular weight is 384 g/mol. The molecule has 3 fully saturated rings. The van der Waals surface area contributed by atoms with E-state index in [1.165, 1.54) is 19.3 Å². The highest BCUT2D eigenvalue weighted by atomic mass is 16.2. The Labute approximate surface area is 168 Å². The number of nitrogens with zero attached hydrogens (tertiary/aromatic N) is 1. The first-order valence-corrected chi connectivity index (χ1v) is 10.9. The number of hydrogen-bond donors (Lipinski definition) is 2. The summed E-state index contributed by atoms with van der Waals surface area (Å²) >= 11 is 0. The van der Waals surface area contributed by atoms with Crippen LogP contribution in [0.25, 0.3) is 0 Å². The Hall–Kier alpha value is -1.88. The van der Waals surface area contributed by atoms with Crippen molar-refractivity contribution in [3.63, 3.8) is 0 Å². The van der Waals surface area contributed by atoms with E-state index in [-0.39, 0.29) is 23.9 Å². The zero-order valence-electron chi connectivity index (χ0n) is 16.9. The Bertz CT molecular complexity index is 708. The third-order valence-corrected chi connectivity index (χ3v) is 7.23. The molecular weight excluding hydrogens is 350 g/mol. The van der Waals surface area contributed by atoms with Crippen LogP contribution in [0.3, 0.4) is 0 Å². The van der Waals surface area contributed by atoms with Crippen molar-refractivity contribution >= 4 is 11.8 Å². The molecule has 0 radical (unpaired) electrons. The molecule has 1 aromatic carbocycles. The smallest absolute Gasteiger partial charge is 0.253 e. The maximum atomic E-state index is 13.3. The molecule has 5 nitrogen and oxygen atoms in total. The Morgan fingerprint density at radius 2 is 1.79 bits per heavy atom. The van der Waals surface area contributed by atoms with Gasteiger partial charge in [0.15, 0.2) is 0 Å². The predicted octanol–water partition coefficient (Wildman–Crippen LogP) is 2.95. The number of fused-ring (bicyclic) bond motifs is 2. The van der Waals surface area contributed by atoms with E-state index in [2.05, 4.69) is 5.32 Å². The first kappa shape index (κ1) is 19.4. The molecule has 2 amide bonds. The number of nitrogens with two attached hydrogens (primary N) is 1. The van der Waals surface area contributed by atoms with Crippen molar-refractivity contribution in [2.24, 2.45) is 23.0 Å². The minimum absolute atomic E-state index is 0.0276. The Balaban J connectivity index is 1.44. The van der Waals surface area contributed by atoms with Crippen LogP contribution in [0, 0.1) is 17.3 Å². The summed E-state index contributed by atoms with van der Waals surface area (Å²) in [7, 11) is 0. The van der Waals surface area contributed by atoms with E-state index in [1.807, 2.05) is 42.2 Å². The quantitative estimate of drug-likeness (QED) is 0.843.